The van der Waals surface area contributed by atoms with Gasteiger partial charge in [-0.25, -0.2) is 0 Å². The highest BCUT2D eigenvalue weighted by Gasteiger charge is 2.40. The number of carbonyl (C=O) groups excluding carboxylic acids is 1. The number of carboxylic acid groups (broad SMARTS) is 1. The van der Waals surface area contributed by atoms with E-state index in [0.717, 1.165) is 25.8 Å². The fourth-order valence-corrected chi connectivity index (χ4v) is 2.84. The molecule has 0 radical (unpaired) electrons. The van der Waals surface area contributed by atoms with Crippen LogP contribution in [0.4, 0.5) is 0 Å². The fourth-order valence-electron chi connectivity index (χ4n) is 2.84. The summed E-state index contributed by atoms with van der Waals surface area (Å²) in [7, 11) is 0. The predicted molar refractivity (Wildman–Crippen MR) is 54.3 cm³/mol. The first-order chi connectivity index (χ1) is 7.18. The Bertz CT molecular complexity index is 277. The average Bonchev–Trinajstić information content (AvgIpc) is 2.40. The first-order valence-electron chi connectivity index (χ1n) is 5.70. The number of hydrogen-bond acceptors (Lipinski definition) is 2. The number of aliphatic carboxylic acids is 1. The van der Waals surface area contributed by atoms with Crippen LogP contribution >= 0.6 is 0 Å². The molecule has 4 nitrogen and oxygen atoms in total. The van der Waals surface area contributed by atoms with Gasteiger partial charge in [-0.15, -0.1) is 0 Å². The van der Waals surface area contributed by atoms with E-state index < -0.39 is 5.97 Å². The molecule has 2 aliphatic heterocycles. The Hall–Kier alpha value is -1.06. The van der Waals surface area contributed by atoms with Gasteiger partial charge in [-0.05, 0) is 18.8 Å². The van der Waals surface area contributed by atoms with E-state index in [1.54, 1.807) is 0 Å². The van der Waals surface area contributed by atoms with Crippen molar-refractivity contribution < 1.29 is 14.7 Å². The van der Waals surface area contributed by atoms with Gasteiger partial charge in [0.1, 0.15) is 0 Å². The summed E-state index contributed by atoms with van der Waals surface area (Å²) in [6.45, 7) is 0.833. The molecule has 1 amide bonds. The lowest BCUT2D eigenvalue weighted by Crippen LogP contribution is -2.35. The summed E-state index contributed by atoms with van der Waals surface area (Å²) in [5.41, 5.74) is 0. The molecular weight excluding hydrogens is 194 g/mol. The van der Waals surface area contributed by atoms with Crippen molar-refractivity contribution in [2.75, 3.05) is 6.54 Å². The van der Waals surface area contributed by atoms with Crippen LogP contribution in [0.15, 0.2) is 0 Å². The normalized spacial score (nSPS) is 31.2. The zero-order valence-electron chi connectivity index (χ0n) is 8.82. The maximum Gasteiger partial charge on any atom is 0.303 e. The van der Waals surface area contributed by atoms with Crippen molar-refractivity contribution in [3.8, 4) is 0 Å². The zero-order valence-corrected chi connectivity index (χ0v) is 8.82. The predicted octanol–water partition coefficient (Wildman–Crippen LogP) is 1.25. The standard InChI is InChI=1S/C11H17NO3/c13-10-6-8(7-11(14)15)9-4-2-1-3-5-12(9)10/h8-9H,1-7H2,(H,14,15). The topological polar surface area (TPSA) is 57.6 Å². The number of fused-ring (bicyclic) bond motifs is 1. The molecule has 0 aliphatic carbocycles. The molecule has 84 valence electrons. The summed E-state index contributed by atoms with van der Waals surface area (Å²) in [5.74, 6) is -0.569. The first-order valence-corrected chi connectivity index (χ1v) is 5.70. The Morgan fingerprint density at radius 1 is 1.40 bits per heavy atom. The van der Waals surface area contributed by atoms with E-state index in [2.05, 4.69) is 0 Å². The minimum absolute atomic E-state index is 0.0492. The molecule has 2 saturated heterocycles. The summed E-state index contributed by atoms with van der Waals surface area (Å²) in [4.78, 5) is 24.3. The lowest BCUT2D eigenvalue weighted by atomic mass is 9.93. The van der Waals surface area contributed by atoms with Crippen LogP contribution in [0.2, 0.25) is 0 Å². The van der Waals surface area contributed by atoms with Crippen molar-refractivity contribution in [2.45, 2.75) is 44.6 Å². The van der Waals surface area contributed by atoms with Gasteiger partial charge in [0.25, 0.3) is 0 Å². The molecule has 0 bridgehead atoms. The van der Waals surface area contributed by atoms with Crippen LogP contribution in [-0.2, 0) is 9.59 Å². The van der Waals surface area contributed by atoms with Gasteiger partial charge in [0.05, 0.1) is 6.42 Å². The highest BCUT2D eigenvalue weighted by Crippen LogP contribution is 2.33. The van der Waals surface area contributed by atoms with Crippen LogP contribution in [0.25, 0.3) is 0 Å². The molecule has 0 saturated carbocycles. The molecule has 0 aromatic carbocycles. The number of rotatable bonds is 2. The quantitative estimate of drug-likeness (QED) is 0.748. The zero-order chi connectivity index (χ0) is 10.8. The number of nitrogens with zero attached hydrogens (tertiary/aromatic N) is 1. The molecule has 0 aromatic heterocycles. The number of hydrogen-bond donors (Lipinski definition) is 1. The first kappa shape index (κ1) is 10.5. The molecule has 4 heteroatoms. The fraction of sp³-hybridized carbons (Fsp3) is 0.818. The van der Waals surface area contributed by atoms with Crippen LogP contribution in [-0.4, -0.2) is 34.5 Å². The second kappa shape index (κ2) is 4.21. The van der Waals surface area contributed by atoms with Crippen LogP contribution in [0.3, 0.4) is 0 Å². The molecule has 2 rings (SSSR count). The van der Waals surface area contributed by atoms with Gasteiger partial charge >= 0.3 is 5.97 Å². The van der Waals surface area contributed by atoms with E-state index in [1.165, 1.54) is 6.42 Å². The minimum Gasteiger partial charge on any atom is -0.481 e. The van der Waals surface area contributed by atoms with Crippen LogP contribution in [0.1, 0.15) is 38.5 Å². The van der Waals surface area contributed by atoms with E-state index in [1.807, 2.05) is 4.90 Å². The molecule has 2 fully saturated rings. The Labute approximate surface area is 89.3 Å². The van der Waals surface area contributed by atoms with Gasteiger partial charge in [-0.2, -0.15) is 0 Å². The van der Waals surface area contributed by atoms with Crippen LogP contribution in [0, 0.1) is 5.92 Å². The number of carboxylic acids is 1. The molecule has 0 spiro atoms. The average molecular weight is 211 g/mol. The van der Waals surface area contributed by atoms with Gasteiger partial charge in [0.15, 0.2) is 0 Å². The SMILES string of the molecule is O=C(O)CC1CC(=O)N2CCCCCC12. The lowest BCUT2D eigenvalue weighted by molar-refractivity contribution is -0.138. The highest BCUT2D eigenvalue weighted by atomic mass is 16.4. The summed E-state index contributed by atoms with van der Waals surface area (Å²) in [6, 6.07) is 0.205. The molecule has 2 aliphatic rings. The second-order valence-electron chi connectivity index (χ2n) is 4.57. The van der Waals surface area contributed by atoms with Crippen molar-refractivity contribution in [1.29, 1.82) is 0 Å². The molecule has 2 unspecified atom stereocenters. The minimum atomic E-state index is -0.779. The van der Waals surface area contributed by atoms with Crippen molar-refractivity contribution in [3.63, 3.8) is 0 Å². The highest BCUT2D eigenvalue weighted by molar-refractivity contribution is 5.80. The van der Waals surface area contributed by atoms with E-state index in [9.17, 15) is 9.59 Å². The summed E-state index contributed by atoms with van der Waals surface area (Å²) in [6.07, 6.45) is 4.94. The third-order valence-corrected chi connectivity index (χ3v) is 3.54. The monoisotopic (exact) mass is 211 g/mol. The Kier molecular flexibility index (Phi) is 2.93. The summed E-state index contributed by atoms with van der Waals surface area (Å²) < 4.78 is 0. The van der Waals surface area contributed by atoms with Crippen LogP contribution < -0.4 is 0 Å². The van der Waals surface area contributed by atoms with Crippen molar-refractivity contribution in [2.24, 2.45) is 5.92 Å². The van der Waals surface area contributed by atoms with Gasteiger partial charge in [-0.1, -0.05) is 12.8 Å². The summed E-state index contributed by atoms with van der Waals surface area (Å²) >= 11 is 0. The Morgan fingerprint density at radius 3 is 2.93 bits per heavy atom. The molecule has 2 atom stereocenters. The van der Waals surface area contributed by atoms with E-state index in [0.29, 0.717) is 6.42 Å². The van der Waals surface area contributed by atoms with Crippen LogP contribution in [0.5, 0.6) is 0 Å². The molecule has 15 heavy (non-hydrogen) atoms. The van der Waals surface area contributed by atoms with E-state index in [-0.39, 0.29) is 24.3 Å². The van der Waals surface area contributed by atoms with E-state index in [4.69, 9.17) is 5.11 Å². The molecule has 2 heterocycles. The van der Waals surface area contributed by atoms with Gasteiger partial charge in [0.2, 0.25) is 5.91 Å². The smallest absolute Gasteiger partial charge is 0.303 e. The van der Waals surface area contributed by atoms with Crippen molar-refractivity contribution in [3.05, 3.63) is 0 Å². The Morgan fingerprint density at radius 2 is 2.20 bits per heavy atom. The van der Waals surface area contributed by atoms with Crippen molar-refractivity contribution in [1.82, 2.24) is 4.90 Å². The van der Waals surface area contributed by atoms with Gasteiger partial charge < -0.3 is 10.0 Å². The molecule has 1 N–H and O–H groups in total. The lowest BCUT2D eigenvalue weighted by Gasteiger charge is -2.25. The molecular formula is C11H17NO3. The van der Waals surface area contributed by atoms with E-state index >= 15 is 0 Å². The number of amides is 1. The number of carbonyl (C=O) groups is 2. The third kappa shape index (κ3) is 2.13. The van der Waals surface area contributed by atoms with Crippen molar-refractivity contribution >= 4 is 11.9 Å². The maximum absolute atomic E-state index is 11.7. The van der Waals surface area contributed by atoms with Gasteiger partial charge in [-0.3, -0.25) is 9.59 Å². The second-order valence-corrected chi connectivity index (χ2v) is 4.57. The van der Waals surface area contributed by atoms with Gasteiger partial charge in [0, 0.05) is 19.0 Å². The largest absolute Gasteiger partial charge is 0.481 e. The summed E-state index contributed by atoms with van der Waals surface area (Å²) in [5, 5.41) is 8.79. The maximum atomic E-state index is 11.7. The third-order valence-electron chi connectivity index (χ3n) is 3.54. The Balaban J connectivity index is 2.07. The molecule has 0 aromatic rings.